The molecule has 0 bridgehead atoms. The smallest absolute Gasteiger partial charge is 0.325 e. The molecule has 0 radical (unpaired) electrons. The van der Waals surface area contributed by atoms with Crippen LogP contribution in [0.2, 0.25) is 0 Å². The molecule has 0 aromatic carbocycles. The third-order valence-electron chi connectivity index (χ3n) is 5.84. The number of hydrogen-bond acceptors (Lipinski definition) is 4. The van der Waals surface area contributed by atoms with Gasteiger partial charge in [0, 0.05) is 19.1 Å². The normalized spacial score (nSPS) is 29.7. The van der Waals surface area contributed by atoms with Gasteiger partial charge in [-0.3, -0.25) is 14.5 Å². The molecule has 2 saturated heterocycles. The number of likely N-dealkylation sites (N-methyl/N-ethyl adjacent to an activating group) is 1. The van der Waals surface area contributed by atoms with E-state index in [0.717, 1.165) is 24.2 Å². The van der Waals surface area contributed by atoms with Crippen molar-refractivity contribution in [1.82, 2.24) is 20.0 Å². The SMILES string of the molecule is CC1CN(C(=O)CN2C(=O)NC3(CCCCC3)C2=O)CC1N(C)C. The summed E-state index contributed by atoms with van der Waals surface area (Å²) in [6.07, 6.45) is 4.36. The Morgan fingerprint density at radius 2 is 1.88 bits per heavy atom. The Kier molecular flexibility index (Phi) is 4.55. The van der Waals surface area contributed by atoms with Gasteiger partial charge in [0.05, 0.1) is 0 Å². The number of imide groups is 1. The monoisotopic (exact) mass is 336 g/mol. The first-order chi connectivity index (χ1) is 11.3. The predicted molar refractivity (Wildman–Crippen MR) is 89.3 cm³/mol. The van der Waals surface area contributed by atoms with Gasteiger partial charge in [0.2, 0.25) is 5.91 Å². The van der Waals surface area contributed by atoms with Crippen molar-refractivity contribution in [1.29, 1.82) is 0 Å². The topological polar surface area (TPSA) is 73.0 Å². The Balaban J connectivity index is 1.64. The second-order valence-electron chi connectivity index (χ2n) is 7.77. The Bertz CT molecular complexity index is 542. The van der Waals surface area contributed by atoms with Crippen LogP contribution in [0.3, 0.4) is 0 Å². The van der Waals surface area contributed by atoms with E-state index < -0.39 is 11.6 Å². The second-order valence-corrected chi connectivity index (χ2v) is 7.77. The number of hydrogen-bond donors (Lipinski definition) is 1. The maximum Gasteiger partial charge on any atom is 0.325 e. The van der Waals surface area contributed by atoms with E-state index in [2.05, 4.69) is 17.1 Å². The number of carbonyl (C=O) groups excluding carboxylic acids is 3. The van der Waals surface area contributed by atoms with Crippen LogP contribution < -0.4 is 5.32 Å². The van der Waals surface area contributed by atoms with Gasteiger partial charge in [0.1, 0.15) is 12.1 Å². The molecule has 0 aromatic heterocycles. The fourth-order valence-corrected chi connectivity index (χ4v) is 4.37. The van der Waals surface area contributed by atoms with E-state index in [9.17, 15) is 14.4 Å². The van der Waals surface area contributed by atoms with Crippen molar-refractivity contribution in [2.75, 3.05) is 33.7 Å². The van der Waals surface area contributed by atoms with Crippen LogP contribution >= 0.6 is 0 Å². The number of amides is 4. The van der Waals surface area contributed by atoms with Crippen molar-refractivity contribution in [2.45, 2.75) is 50.6 Å². The summed E-state index contributed by atoms with van der Waals surface area (Å²) in [7, 11) is 4.03. The van der Waals surface area contributed by atoms with E-state index in [1.807, 2.05) is 14.1 Å². The standard InChI is InChI=1S/C17H28N4O3/c1-12-9-20(10-13(12)19(2)3)14(22)11-21-15(23)17(18-16(21)24)7-5-4-6-8-17/h12-13H,4-11H2,1-3H3,(H,18,24). The molecule has 2 aliphatic heterocycles. The van der Waals surface area contributed by atoms with Gasteiger partial charge in [-0.2, -0.15) is 0 Å². The molecule has 4 amide bonds. The van der Waals surface area contributed by atoms with Gasteiger partial charge in [-0.05, 0) is 32.9 Å². The van der Waals surface area contributed by atoms with Crippen LogP contribution in [-0.2, 0) is 9.59 Å². The summed E-state index contributed by atoms with van der Waals surface area (Å²) in [5, 5.41) is 2.86. The molecule has 1 saturated carbocycles. The molecule has 1 spiro atoms. The molecule has 134 valence electrons. The number of nitrogens with zero attached hydrogens (tertiary/aromatic N) is 3. The van der Waals surface area contributed by atoms with Crippen molar-refractivity contribution in [3.05, 3.63) is 0 Å². The summed E-state index contributed by atoms with van der Waals surface area (Å²) in [4.78, 5) is 42.6. The number of carbonyl (C=O) groups is 3. The van der Waals surface area contributed by atoms with Gasteiger partial charge >= 0.3 is 6.03 Å². The van der Waals surface area contributed by atoms with E-state index in [0.29, 0.717) is 37.9 Å². The minimum atomic E-state index is -0.750. The molecule has 2 heterocycles. The van der Waals surface area contributed by atoms with Gasteiger partial charge in [-0.1, -0.05) is 26.2 Å². The highest BCUT2D eigenvalue weighted by atomic mass is 16.2. The van der Waals surface area contributed by atoms with Crippen LogP contribution in [0.5, 0.6) is 0 Å². The first kappa shape index (κ1) is 17.2. The first-order valence-electron chi connectivity index (χ1n) is 8.92. The van der Waals surface area contributed by atoms with Crippen LogP contribution in [0.25, 0.3) is 0 Å². The number of rotatable bonds is 3. The predicted octanol–water partition coefficient (Wildman–Crippen LogP) is 0.650. The maximum absolute atomic E-state index is 12.7. The molecule has 2 unspecified atom stereocenters. The number of likely N-dealkylation sites (tertiary alicyclic amines) is 1. The van der Waals surface area contributed by atoms with Crippen molar-refractivity contribution >= 4 is 17.8 Å². The lowest BCUT2D eigenvalue weighted by Gasteiger charge is -2.30. The molecular formula is C17H28N4O3. The third-order valence-corrected chi connectivity index (χ3v) is 5.84. The molecule has 7 heteroatoms. The zero-order chi connectivity index (χ0) is 17.5. The molecule has 1 aliphatic carbocycles. The molecular weight excluding hydrogens is 308 g/mol. The zero-order valence-corrected chi connectivity index (χ0v) is 14.9. The first-order valence-corrected chi connectivity index (χ1v) is 8.92. The minimum Gasteiger partial charge on any atom is -0.339 e. The quantitative estimate of drug-likeness (QED) is 0.768. The lowest BCUT2D eigenvalue weighted by Crippen LogP contribution is -2.49. The molecule has 1 N–H and O–H groups in total. The lowest BCUT2D eigenvalue weighted by molar-refractivity contribution is -0.139. The number of nitrogens with one attached hydrogen (secondary N) is 1. The molecule has 0 aromatic rings. The summed E-state index contributed by atoms with van der Waals surface area (Å²) in [6.45, 7) is 3.32. The van der Waals surface area contributed by atoms with Gasteiger partial charge in [-0.25, -0.2) is 4.79 Å². The summed E-state index contributed by atoms with van der Waals surface area (Å²) < 4.78 is 0. The molecule has 7 nitrogen and oxygen atoms in total. The average Bonchev–Trinajstić information content (AvgIpc) is 3.03. The molecule has 2 atom stereocenters. The van der Waals surface area contributed by atoms with Crippen LogP contribution in [0.15, 0.2) is 0 Å². The highest BCUT2D eigenvalue weighted by Crippen LogP contribution is 2.33. The van der Waals surface area contributed by atoms with Crippen LogP contribution in [0.1, 0.15) is 39.0 Å². The van der Waals surface area contributed by atoms with E-state index in [1.165, 1.54) is 0 Å². The van der Waals surface area contributed by atoms with Crippen LogP contribution in [0, 0.1) is 5.92 Å². The van der Waals surface area contributed by atoms with Crippen molar-refractivity contribution in [2.24, 2.45) is 5.92 Å². The number of urea groups is 1. The zero-order valence-electron chi connectivity index (χ0n) is 14.9. The summed E-state index contributed by atoms with van der Waals surface area (Å²) in [6, 6.07) is -0.0894. The lowest BCUT2D eigenvalue weighted by atomic mass is 9.82. The largest absolute Gasteiger partial charge is 0.339 e. The third kappa shape index (κ3) is 2.90. The van der Waals surface area contributed by atoms with Crippen molar-refractivity contribution in [3.63, 3.8) is 0 Å². The summed E-state index contributed by atoms with van der Waals surface area (Å²) in [5.74, 6) is 0.0382. The van der Waals surface area contributed by atoms with E-state index in [-0.39, 0.29) is 18.4 Å². The van der Waals surface area contributed by atoms with E-state index >= 15 is 0 Å². The Morgan fingerprint density at radius 1 is 1.21 bits per heavy atom. The maximum atomic E-state index is 12.7. The van der Waals surface area contributed by atoms with Crippen molar-refractivity contribution in [3.8, 4) is 0 Å². The Hall–Kier alpha value is -1.63. The minimum absolute atomic E-state index is 0.137. The van der Waals surface area contributed by atoms with Gasteiger partial charge in [0.15, 0.2) is 0 Å². The van der Waals surface area contributed by atoms with Gasteiger partial charge in [0.25, 0.3) is 5.91 Å². The molecule has 3 rings (SSSR count). The highest BCUT2D eigenvalue weighted by Gasteiger charge is 2.52. The van der Waals surface area contributed by atoms with Crippen molar-refractivity contribution < 1.29 is 14.4 Å². The molecule has 3 fully saturated rings. The van der Waals surface area contributed by atoms with Crippen LogP contribution in [0.4, 0.5) is 4.79 Å². The van der Waals surface area contributed by atoms with Crippen LogP contribution in [-0.4, -0.2) is 77.9 Å². The van der Waals surface area contributed by atoms with E-state index in [1.54, 1.807) is 4.90 Å². The van der Waals surface area contributed by atoms with Gasteiger partial charge in [-0.15, -0.1) is 0 Å². The fourth-order valence-electron chi connectivity index (χ4n) is 4.37. The fraction of sp³-hybridized carbons (Fsp3) is 0.824. The Labute approximate surface area is 143 Å². The van der Waals surface area contributed by atoms with Gasteiger partial charge < -0.3 is 15.1 Å². The second kappa shape index (κ2) is 6.35. The summed E-state index contributed by atoms with van der Waals surface area (Å²) >= 11 is 0. The molecule has 24 heavy (non-hydrogen) atoms. The molecule has 3 aliphatic rings. The Morgan fingerprint density at radius 3 is 2.46 bits per heavy atom. The average molecular weight is 336 g/mol. The van der Waals surface area contributed by atoms with E-state index in [4.69, 9.17) is 0 Å². The summed E-state index contributed by atoms with van der Waals surface area (Å²) in [5.41, 5.74) is -0.750. The highest BCUT2D eigenvalue weighted by molar-refractivity contribution is 6.09.